The smallest absolute Gasteiger partial charge is 0.324 e. The molecule has 2 aliphatic heterocycles. The molecule has 9 heteroatoms. The van der Waals surface area contributed by atoms with Gasteiger partial charge in [0.15, 0.2) is 0 Å². The van der Waals surface area contributed by atoms with Crippen LogP contribution in [-0.2, 0) is 29.1 Å². The Morgan fingerprint density at radius 1 is 1.28 bits per heavy atom. The molecule has 2 aliphatic rings. The van der Waals surface area contributed by atoms with Gasteiger partial charge in [0.25, 0.3) is 5.56 Å². The lowest BCUT2D eigenvalue weighted by atomic mass is 10.1. The Balaban J connectivity index is 1.78. The summed E-state index contributed by atoms with van der Waals surface area (Å²) in [5, 5.41) is 12.2. The normalized spacial score (nSPS) is 17.7. The minimum absolute atomic E-state index is 0.0853. The molecule has 0 saturated carbocycles. The third kappa shape index (κ3) is 3.02. The molecular formula is C20H19N5O4. The molecule has 1 aromatic carbocycles. The van der Waals surface area contributed by atoms with Gasteiger partial charge in [0.2, 0.25) is 11.8 Å². The monoisotopic (exact) mass is 393 g/mol. The summed E-state index contributed by atoms with van der Waals surface area (Å²) in [6.07, 6.45) is 1.25. The molecule has 0 bridgehead atoms. The van der Waals surface area contributed by atoms with Crippen LogP contribution in [0.15, 0.2) is 33.9 Å². The molecule has 4 rings (SSSR count). The van der Waals surface area contributed by atoms with E-state index in [1.807, 2.05) is 6.07 Å². The number of nitriles is 1. The average Bonchev–Trinajstić information content (AvgIpc) is 3.12. The van der Waals surface area contributed by atoms with E-state index in [1.54, 1.807) is 31.2 Å². The standard InChI is InChI=1S/C20H19N5O4/c1-12-9-17(26)22-14-5-2-3-6-16(14)25(12)18(27)11-24-19(28)13(10-21)15-7-4-8-23(15)20(24)29/h2-3,5-6,12H,4,7-9,11H2,1H3,(H,22,26)/t12-/m1/s1. The molecule has 1 atom stereocenters. The van der Waals surface area contributed by atoms with Crippen molar-refractivity contribution >= 4 is 23.2 Å². The number of hydrogen-bond acceptors (Lipinski definition) is 5. The number of aromatic nitrogens is 2. The summed E-state index contributed by atoms with van der Waals surface area (Å²) >= 11 is 0. The van der Waals surface area contributed by atoms with Gasteiger partial charge >= 0.3 is 5.69 Å². The summed E-state index contributed by atoms with van der Waals surface area (Å²) in [6.45, 7) is 1.65. The molecule has 0 fully saturated rings. The summed E-state index contributed by atoms with van der Waals surface area (Å²) in [5.74, 6) is -0.718. The van der Waals surface area contributed by atoms with E-state index in [9.17, 15) is 24.4 Å². The molecule has 0 radical (unpaired) electrons. The lowest BCUT2D eigenvalue weighted by molar-refractivity contribution is -0.120. The van der Waals surface area contributed by atoms with Gasteiger partial charge in [0.1, 0.15) is 18.2 Å². The summed E-state index contributed by atoms with van der Waals surface area (Å²) in [6, 6.07) is 8.30. The lowest BCUT2D eigenvalue weighted by Gasteiger charge is -2.28. The van der Waals surface area contributed by atoms with E-state index in [4.69, 9.17) is 0 Å². The summed E-state index contributed by atoms with van der Waals surface area (Å²) in [7, 11) is 0. The number of carbonyl (C=O) groups excluding carboxylic acids is 2. The highest BCUT2D eigenvalue weighted by Gasteiger charge is 2.31. The molecule has 0 saturated heterocycles. The maximum Gasteiger partial charge on any atom is 0.331 e. The minimum atomic E-state index is -0.746. The van der Waals surface area contributed by atoms with E-state index >= 15 is 0 Å². The summed E-state index contributed by atoms with van der Waals surface area (Å²) < 4.78 is 2.23. The zero-order valence-electron chi connectivity index (χ0n) is 15.8. The zero-order chi connectivity index (χ0) is 20.7. The number of carbonyl (C=O) groups is 2. The van der Waals surface area contributed by atoms with Gasteiger partial charge in [-0.15, -0.1) is 0 Å². The van der Waals surface area contributed by atoms with Gasteiger partial charge in [0.05, 0.1) is 11.4 Å². The number of benzene rings is 1. The van der Waals surface area contributed by atoms with Crippen molar-refractivity contribution in [2.45, 2.75) is 45.3 Å². The molecule has 3 heterocycles. The Labute approximate surface area is 165 Å². The van der Waals surface area contributed by atoms with Gasteiger partial charge in [-0.05, 0) is 31.9 Å². The Kier molecular flexibility index (Phi) is 4.54. The lowest BCUT2D eigenvalue weighted by Crippen LogP contribution is -2.48. The zero-order valence-corrected chi connectivity index (χ0v) is 15.8. The maximum atomic E-state index is 13.2. The van der Waals surface area contributed by atoms with Crippen LogP contribution in [0, 0.1) is 11.3 Å². The van der Waals surface area contributed by atoms with Crippen LogP contribution in [0.4, 0.5) is 11.4 Å². The predicted molar refractivity (Wildman–Crippen MR) is 105 cm³/mol. The quantitative estimate of drug-likeness (QED) is 0.801. The first-order valence-electron chi connectivity index (χ1n) is 9.40. The van der Waals surface area contributed by atoms with Crippen LogP contribution in [0.5, 0.6) is 0 Å². The van der Waals surface area contributed by atoms with Crippen LogP contribution in [0.3, 0.4) is 0 Å². The number of anilines is 2. The number of nitrogens with one attached hydrogen (secondary N) is 1. The van der Waals surface area contributed by atoms with Crippen molar-refractivity contribution in [3.63, 3.8) is 0 Å². The van der Waals surface area contributed by atoms with Crippen LogP contribution in [0.25, 0.3) is 0 Å². The van der Waals surface area contributed by atoms with E-state index in [1.165, 1.54) is 9.47 Å². The fraction of sp³-hybridized carbons (Fsp3) is 0.350. The fourth-order valence-corrected chi connectivity index (χ4v) is 4.07. The molecule has 0 spiro atoms. The van der Waals surface area contributed by atoms with Crippen molar-refractivity contribution in [1.29, 1.82) is 5.26 Å². The first kappa shape index (κ1) is 18.7. The second kappa shape index (κ2) is 7.05. The van der Waals surface area contributed by atoms with E-state index in [0.29, 0.717) is 36.5 Å². The minimum Gasteiger partial charge on any atom is -0.324 e. The molecule has 9 nitrogen and oxygen atoms in total. The predicted octanol–water partition coefficient (Wildman–Crippen LogP) is 0.592. The number of rotatable bonds is 2. The molecule has 0 aliphatic carbocycles. The van der Waals surface area contributed by atoms with Crippen LogP contribution in [0.2, 0.25) is 0 Å². The van der Waals surface area contributed by atoms with Crippen LogP contribution >= 0.6 is 0 Å². The Morgan fingerprint density at radius 2 is 2.03 bits per heavy atom. The highest BCUT2D eigenvalue weighted by atomic mass is 16.2. The fourth-order valence-electron chi connectivity index (χ4n) is 4.07. The number of fused-ring (bicyclic) bond motifs is 2. The molecule has 29 heavy (non-hydrogen) atoms. The third-order valence-corrected chi connectivity index (χ3v) is 5.36. The second-order valence-corrected chi connectivity index (χ2v) is 7.24. The molecule has 1 N–H and O–H groups in total. The summed E-state index contributed by atoms with van der Waals surface area (Å²) in [4.78, 5) is 52.3. The van der Waals surface area contributed by atoms with Gasteiger partial charge in [-0.3, -0.25) is 19.0 Å². The number of hydrogen-bond donors (Lipinski definition) is 1. The highest BCUT2D eigenvalue weighted by molar-refractivity contribution is 6.04. The van der Waals surface area contributed by atoms with Crippen molar-refractivity contribution in [3.8, 4) is 6.07 Å². The number of nitrogens with zero attached hydrogens (tertiary/aromatic N) is 4. The SMILES string of the molecule is C[C@@H]1CC(=O)Nc2ccccc2N1C(=O)Cn1c(=O)c(C#N)c2n(c1=O)CCC2. The Bertz CT molecular complexity index is 1190. The van der Waals surface area contributed by atoms with Gasteiger partial charge in [0, 0.05) is 24.7 Å². The van der Waals surface area contributed by atoms with Crippen molar-refractivity contribution in [3.05, 3.63) is 56.4 Å². The topological polar surface area (TPSA) is 117 Å². The van der Waals surface area contributed by atoms with Crippen molar-refractivity contribution < 1.29 is 9.59 Å². The van der Waals surface area contributed by atoms with Crippen LogP contribution < -0.4 is 21.5 Å². The van der Waals surface area contributed by atoms with Crippen molar-refractivity contribution in [2.24, 2.45) is 0 Å². The Hall–Kier alpha value is -3.67. The molecular weight excluding hydrogens is 374 g/mol. The van der Waals surface area contributed by atoms with E-state index in [2.05, 4.69) is 5.32 Å². The van der Waals surface area contributed by atoms with Crippen molar-refractivity contribution in [1.82, 2.24) is 9.13 Å². The third-order valence-electron chi connectivity index (χ3n) is 5.36. The Morgan fingerprint density at radius 3 is 2.79 bits per heavy atom. The van der Waals surface area contributed by atoms with E-state index < -0.39 is 29.7 Å². The molecule has 148 valence electrons. The highest BCUT2D eigenvalue weighted by Crippen LogP contribution is 2.31. The second-order valence-electron chi connectivity index (χ2n) is 7.24. The number of amides is 2. The van der Waals surface area contributed by atoms with Gasteiger partial charge in [-0.2, -0.15) is 5.26 Å². The first-order chi connectivity index (χ1) is 13.9. The molecule has 0 unspecified atom stereocenters. The molecule has 1 aromatic heterocycles. The first-order valence-corrected chi connectivity index (χ1v) is 9.40. The van der Waals surface area contributed by atoms with Gasteiger partial charge in [-0.1, -0.05) is 12.1 Å². The van der Waals surface area contributed by atoms with Gasteiger partial charge in [-0.25, -0.2) is 9.36 Å². The molecule has 2 aromatic rings. The van der Waals surface area contributed by atoms with E-state index in [0.717, 1.165) is 4.57 Å². The summed E-state index contributed by atoms with van der Waals surface area (Å²) in [5.41, 5.74) is 0.0194. The van der Waals surface area contributed by atoms with E-state index in [-0.39, 0.29) is 17.9 Å². The number of para-hydroxylation sites is 2. The van der Waals surface area contributed by atoms with Crippen LogP contribution in [-0.4, -0.2) is 27.0 Å². The van der Waals surface area contributed by atoms with Crippen LogP contribution in [0.1, 0.15) is 31.0 Å². The van der Waals surface area contributed by atoms with Crippen molar-refractivity contribution in [2.75, 3.05) is 10.2 Å². The molecule has 2 amide bonds. The van der Waals surface area contributed by atoms with Gasteiger partial charge < -0.3 is 10.2 Å². The maximum absolute atomic E-state index is 13.2. The average molecular weight is 393 g/mol. The largest absolute Gasteiger partial charge is 0.331 e.